The Morgan fingerprint density at radius 3 is 2.53 bits per heavy atom. The van der Waals surface area contributed by atoms with Gasteiger partial charge in [0.1, 0.15) is 23.1 Å². The van der Waals surface area contributed by atoms with E-state index in [1.807, 2.05) is 43.3 Å². The molecule has 9 nitrogen and oxygen atoms in total. The normalized spacial score (nSPS) is 17.8. The van der Waals surface area contributed by atoms with Crippen molar-refractivity contribution in [2.75, 3.05) is 13.1 Å². The van der Waals surface area contributed by atoms with E-state index < -0.39 is 18.6 Å². The van der Waals surface area contributed by atoms with Crippen LogP contribution in [0.3, 0.4) is 0 Å². The lowest BCUT2D eigenvalue weighted by Gasteiger charge is -2.22. The van der Waals surface area contributed by atoms with E-state index in [2.05, 4.69) is 15.6 Å². The van der Waals surface area contributed by atoms with Crippen molar-refractivity contribution in [3.05, 3.63) is 95.3 Å². The number of nitrogens with one attached hydrogen (secondary N) is 2. The fourth-order valence-corrected chi connectivity index (χ4v) is 7.10. The Bertz CT molecular complexity index is 2080. The number of alkyl halides is 2. The highest BCUT2D eigenvalue weighted by atomic mass is 19.3. The molecule has 0 saturated carbocycles. The highest BCUT2D eigenvalue weighted by Crippen LogP contribution is 2.38. The zero-order valence-electron chi connectivity index (χ0n) is 27.9. The van der Waals surface area contributed by atoms with E-state index in [1.165, 1.54) is 6.07 Å². The van der Waals surface area contributed by atoms with Gasteiger partial charge in [0.05, 0.1) is 0 Å². The maximum absolute atomic E-state index is 16.3. The number of carbonyl (C=O) groups excluding carboxylic acids is 1. The second-order valence-electron chi connectivity index (χ2n) is 13.1. The van der Waals surface area contributed by atoms with E-state index in [0.29, 0.717) is 77.8 Å². The van der Waals surface area contributed by atoms with Gasteiger partial charge in [0.15, 0.2) is 5.58 Å². The summed E-state index contributed by atoms with van der Waals surface area (Å²) in [6, 6.07) is 20.8. The molecular weight excluding hydrogens is 661 g/mol. The van der Waals surface area contributed by atoms with Crippen LogP contribution < -0.4 is 15.4 Å². The first-order chi connectivity index (χ1) is 24.6. The predicted octanol–water partition coefficient (Wildman–Crippen LogP) is 7.29. The minimum Gasteiger partial charge on any atom is -0.480 e. The van der Waals surface area contributed by atoms with Crippen molar-refractivity contribution in [3.8, 4) is 39.5 Å². The number of amides is 1. The average Bonchev–Trinajstić information content (AvgIpc) is 3.85. The first kappa shape index (κ1) is 34.3. The smallest absolute Gasteiger partial charge is 0.387 e. The number of carboxylic acids is 1. The molecule has 264 valence electrons. The maximum Gasteiger partial charge on any atom is 0.387 e. The first-order valence-corrected chi connectivity index (χ1v) is 17.0. The topological polar surface area (TPSA) is 117 Å². The molecule has 3 heterocycles. The Kier molecular flexibility index (Phi) is 9.79. The van der Waals surface area contributed by atoms with Crippen molar-refractivity contribution in [2.24, 2.45) is 0 Å². The van der Waals surface area contributed by atoms with Crippen molar-refractivity contribution in [2.45, 2.75) is 64.4 Å². The number of hydrogen-bond acceptors (Lipinski definition) is 7. The summed E-state index contributed by atoms with van der Waals surface area (Å²) in [5.74, 6) is -1.13. The number of aliphatic carboxylic acids is 1. The zero-order chi connectivity index (χ0) is 35.6. The number of aromatic nitrogens is 1. The first-order valence-electron chi connectivity index (χ1n) is 17.0. The van der Waals surface area contributed by atoms with E-state index >= 15 is 4.39 Å². The van der Waals surface area contributed by atoms with E-state index in [4.69, 9.17) is 9.15 Å². The number of nitrogens with zero attached hydrogens (tertiary/aromatic N) is 2. The summed E-state index contributed by atoms with van der Waals surface area (Å²) in [5, 5.41) is 15.9. The number of fused-ring (bicyclic) bond motifs is 1. The lowest BCUT2D eigenvalue weighted by molar-refractivity contribution is -0.142. The molecule has 5 aromatic rings. The number of rotatable bonds is 12. The van der Waals surface area contributed by atoms with Crippen LogP contribution in [-0.2, 0) is 22.7 Å². The number of carbonyl (C=O) groups is 2. The highest BCUT2D eigenvalue weighted by molar-refractivity contribution is 5.83. The van der Waals surface area contributed by atoms with Crippen LogP contribution in [0.2, 0.25) is 0 Å². The number of halogens is 3. The van der Waals surface area contributed by atoms with Gasteiger partial charge in [0.2, 0.25) is 11.8 Å². The molecule has 0 bridgehead atoms. The summed E-state index contributed by atoms with van der Waals surface area (Å²) in [6.07, 6.45) is 2.55. The lowest BCUT2D eigenvalue weighted by atomic mass is 9.93. The number of likely N-dealkylation sites (tertiary alicyclic amines) is 1. The average molecular weight is 699 g/mol. The maximum atomic E-state index is 16.3. The molecule has 2 atom stereocenters. The summed E-state index contributed by atoms with van der Waals surface area (Å²) in [5.41, 5.74) is 5.59. The molecule has 0 spiro atoms. The van der Waals surface area contributed by atoms with E-state index in [0.717, 1.165) is 17.5 Å². The van der Waals surface area contributed by atoms with Crippen LogP contribution in [0, 0.1) is 12.7 Å². The quantitative estimate of drug-likeness (QED) is 0.124. The lowest BCUT2D eigenvalue weighted by Crippen LogP contribution is -2.35. The molecule has 3 N–H and O–H groups in total. The van der Waals surface area contributed by atoms with Crippen LogP contribution in [0.15, 0.2) is 77.2 Å². The Morgan fingerprint density at radius 2 is 1.80 bits per heavy atom. The monoisotopic (exact) mass is 698 g/mol. The second kappa shape index (κ2) is 14.6. The van der Waals surface area contributed by atoms with Gasteiger partial charge in [-0.2, -0.15) is 8.78 Å². The largest absolute Gasteiger partial charge is 0.480 e. The van der Waals surface area contributed by atoms with E-state index in [9.17, 15) is 23.5 Å². The number of carboxylic acid groups (broad SMARTS) is 1. The predicted molar refractivity (Wildman–Crippen MR) is 186 cm³/mol. The zero-order valence-corrected chi connectivity index (χ0v) is 27.9. The van der Waals surface area contributed by atoms with Crippen molar-refractivity contribution in [3.63, 3.8) is 0 Å². The molecule has 1 amide bonds. The molecule has 2 saturated heterocycles. The SMILES string of the molecule is Cc1c(-c2nc3cc(CN4CCC[C@H]4C(=O)O)c(OC(F)F)cc3o2)cccc1-c1cccc(-c2ccc(CNC[C@@H]3CCC(=O)N3)cc2)c1F. The van der Waals surface area contributed by atoms with Gasteiger partial charge in [-0.05, 0) is 67.1 Å². The molecule has 4 aromatic carbocycles. The van der Waals surface area contributed by atoms with Crippen LogP contribution in [-0.4, -0.2) is 58.7 Å². The van der Waals surface area contributed by atoms with Gasteiger partial charge in [-0.1, -0.05) is 54.6 Å². The number of hydrogen-bond donors (Lipinski definition) is 3. The molecule has 12 heteroatoms. The summed E-state index contributed by atoms with van der Waals surface area (Å²) in [4.78, 5) is 29.6. The van der Waals surface area contributed by atoms with Crippen molar-refractivity contribution in [1.29, 1.82) is 0 Å². The summed E-state index contributed by atoms with van der Waals surface area (Å²) < 4.78 is 54.0. The van der Waals surface area contributed by atoms with Gasteiger partial charge < -0.3 is 24.9 Å². The summed E-state index contributed by atoms with van der Waals surface area (Å²) >= 11 is 0. The Labute approximate surface area is 292 Å². The number of oxazole rings is 1. The summed E-state index contributed by atoms with van der Waals surface area (Å²) in [7, 11) is 0. The molecule has 51 heavy (non-hydrogen) atoms. The van der Waals surface area contributed by atoms with Gasteiger partial charge in [0.25, 0.3) is 0 Å². The third-order valence-electron chi connectivity index (χ3n) is 9.73. The van der Waals surface area contributed by atoms with Gasteiger partial charge in [-0.3, -0.25) is 14.5 Å². The molecule has 2 aliphatic heterocycles. The van der Waals surface area contributed by atoms with Crippen LogP contribution in [0.4, 0.5) is 13.2 Å². The van der Waals surface area contributed by atoms with E-state index in [-0.39, 0.29) is 41.5 Å². The van der Waals surface area contributed by atoms with Gasteiger partial charge >= 0.3 is 12.6 Å². The molecule has 0 aliphatic carbocycles. The molecule has 0 unspecified atom stereocenters. The third-order valence-corrected chi connectivity index (χ3v) is 9.73. The van der Waals surface area contributed by atoms with Crippen molar-refractivity contribution < 1.29 is 37.0 Å². The molecular formula is C39H37F3N4O5. The molecule has 7 rings (SSSR count). The molecule has 1 aromatic heterocycles. The number of ether oxygens (including phenoxy) is 1. The minimum absolute atomic E-state index is 0.0868. The fourth-order valence-electron chi connectivity index (χ4n) is 7.10. The van der Waals surface area contributed by atoms with Crippen LogP contribution in [0.5, 0.6) is 5.75 Å². The Balaban J connectivity index is 1.14. The van der Waals surface area contributed by atoms with Gasteiger partial charge in [-0.25, -0.2) is 9.37 Å². The van der Waals surface area contributed by atoms with Gasteiger partial charge in [-0.15, -0.1) is 0 Å². The summed E-state index contributed by atoms with van der Waals surface area (Å²) in [6.45, 7) is 0.693. The highest BCUT2D eigenvalue weighted by Gasteiger charge is 2.31. The number of benzene rings is 4. The van der Waals surface area contributed by atoms with Crippen molar-refractivity contribution >= 4 is 23.0 Å². The Morgan fingerprint density at radius 1 is 1.06 bits per heavy atom. The third kappa shape index (κ3) is 7.33. The Hall–Kier alpha value is -5.20. The molecule has 2 aliphatic rings. The van der Waals surface area contributed by atoms with Crippen LogP contribution in [0.1, 0.15) is 42.4 Å². The van der Waals surface area contributed by atoms with Gasteiger partial charge in [0, 0.05) is 60.4 Å². The minimum atomic E-state index is -3.09. The molecule has 2 fully saturated rings. The standard InChI is InChI=1S/C39H37F3N4O5/c1-22-27(30-8-3-7-29(36(30)40)24-12-10-23(11-13-24)19-43-20-26-14-15-35(47)44-26)5-2-6-28(22)37-45-31-17-25(21-46-16-4-9-32(46)38(48)49)33(51-39(41)42)18-34(31)50-37/h2-3,5-8,10-13,17-18,26,32,39,43H,4,9,14-16,19-21H2,1H3,(H,44,47)(H,48,49)/t26-,32-/m0/s1. The fraction of sp³-hybridized carbons (Fsp3) is 0.308. The van der Waals surface area contributed by atoms with Crippen LogP contribution in [0.25, 0.3) is 44.8 Å². The second-order valence-corrected chi connectivity index (χ2v) is 13.1. The van der Waals surface area contributed by atoms with Crippen molar-refractivity contribution in [1.82, 2.24) is 20.5 Å². The molecule has 0 radical (unpaired) electrons. The van der Waals surface area contributed by atoms with Crippen LogP contribution >= 0.6 is 0 Å². The van der Waals surface area contributed by atoms with E-state index in [1.54, 1.807) is 35.2 Å².